The lowest BCUT2D eigenvalue weighted by atomic mass is 10.1. The first-order valence-corrected chi connectivity index (χ1v) is 5.68. The van der Waals surface area contributed by atoms with Gasteiger partial charge in [0.1, 0.15) is 0 Å². The summed E-state index contributed by atoms with van der Waals surface area (Å²) >= 11 is 0. The van der Waals surface area contributed by atoms with Gasteiger partial charge in [-0.1, -0.05) is 0 Å². The van der Waals surface area contributed by atoms with Gasteiger partial charge in [-0.3, -0.25) is 4.79 Å². The van der Waals surface area contributed by atoms with E-state index in [9.17, 15) is 18.0 Å². The molecule has 0 atom stereocenters. The molecule has 1 fully saturated rings. The van der Waals surface area contributed by atoms with Crippen LogP contribution < -0.4 is 4.90 Å². The Morgan fingerprint density at radius 3 is 2.50 bits per heavy atom. The van der Waals surface area contributed by atoms with Crippen molar-refractivity contribution in [2.45, 2.75) is 25.7 Å². The Labute approximate surface area is 103 Å². The van der Waals surface area contributed by atoms with Crippen molar-refractivity contribution < 1.29 is 18.0 Å². The maximum absolute atomic E-state index is 13.7. The van der Waals surface area contributed by atoms with E-state index in [1.807, 2.05) is 0 Å². The number of hydrogen-bond acceptors (Lipinski definition) is 3. The number of pyridine rings is 1. The SMILES string of the molecule is CC(=O)c1cnc(N2CCC(F)(F)CC2)c(F)c1. The second-order valence-corrected chi connectivity index (χ2v) is 4.43. The number of Topliss-reactive ketones (excluding diaryl/α,β-unsaturated/α-hetero) is 1. The molecule has 2 rings (SSSR count). The summed E-state index contributed by atoms with van der Waals surface area (Å²) in [6.45, 7) is 1.45. The fraction of sp³-hybridized carbons (Fsp3) is 0.500. The van der Waals surface area contributed by atoms with E-state index in [0.29, 0.717) is 0 Å². The third-order valence-electron chi connectivity index (χ3n) is 3.02. The predicted octanol–water partition coefficient (Wildman–Crippen LogP) is 2.66. The Kier molecular flexibility index (Phi) is 3.28. The molecule has 2 heterocycles. The Balaban J connectivity index is 2.17. The van der Waals surface area contributed by atoms with Crippen LogP contribution in [-0.2, 0) is 0 Å². The molecule has 0 radical (unpaired) electrons. The highest BCUT2D eigenvalue weighted by Gasteiger charge is 2.35. The zero-order valence-corrected chi connectivity index (χ0v) is 9.92. The molecule has 0 aliphatic carbocycles. The molecule has 1 aliphatic rings. The van der Waals surface area contributed by atoms with Crippen LogP contribution in [0.1, 0.15) is 30.1 Å². The van der Waals surface area contributed by atoms with Crippen LogP contribution in [0.4, 0.5) is 19.0 Å². The molecule has 0 amide bonds. The van der Waals surface area contributed by atoms with Crippen molar-refractivity contribution in [1.29, 1.82) is 0 Å². The number of anilines is 1. The number of carbonyl (C=O) groups excluding carboxylic acids is 1. The normalized spacial score (nSPS) is 18.8. The average Bonchev–Trinajstić information content (AvgIpc) is 2.29. The largest absolute Gasteiger partial charge is 0.354 e. The van der Waals surface area contributed by atoms with Gasteiger partial charge < -0.3 is 4.90 Å². The highest BCUT2D eigenvalue weighted by molar-refractivity contribution is 5.93. The lowest BCUT2D eigenvalue weighted by molar-refractivity contribution is -0.0222. The van der Waals surface area contributed by atoms with Gasteiger partial charge in [-0.2, -0.15) is 0 Å². The number of carbonyl (C=O) groups is 1. The standard InChI is InChI=1S/C12H13F3N2O/c1-8(18)9-6-10(13)11(16-7-9)17-4-2-12(14,15)3-5-17/h6-7H,2-5H2,1H3. The van der Waals surface area contributed by atoms with Crippen LogP contribution in [-0.4, -0.2) is 29.8 Å². The summed E-state index contributed by atoms with van der Waals surface area (Å²) in [6.07, 6.45) is 0.665. The lowest BCUT2D eigenvalue weighted by Crippen LogP contribution is -2.40. The Morgan fingerprint density at radius 1 is 1.39 bits per heavy atom. The van der Waals surface area contributed by atoms with Crippen LogP contribution in [0.25, 0.3) is 0 Å². The van der Waals surface area contributed by atoms with E-state index < -0.39 is 11.7 Å². The molecule has 0 spiro atoms. The highest BCUT2D eigenvalue weighted by Crippen LogP contribution is 2.30. The van der Waals surface area contributed by atoms with Crippen LogP contribution in [0, 0.1) is 5.82 Å². The molecule has 1 aromatic heterocycles. The monoisotopic (exact) mass is 258 g/mol. The van der Waals surface area contributed by atoms with Crippen LogP contribution >= 0.6 is 0 Å². The second kappa shape index (κ2) is 4.59. The number of rotatable bonds is 2. The molecule has 1 aromatic rings. The molecule has 0 N–H and O–H groups in total. The molecule has 1 saturated heterocycles. The topological polar surface area (TPSA) is 33.2 Å². The molecule has 98 valence electrons. The molecule has 18 heavy (non-hydrogen) atoms. The number of ketones is 1. The van der Waals surface area contributed by atoms with Crippen molar-refractivity contribution in [2.75, 3.05) is 18.0 Å². The smallest absolute Gasteiger partial charge is 0.251 e. The summed E-state index contributed by atoms with van der Waals surface area (Å²) in [6, 6.07) is 1.09. The summed E-state index contributed by atoms with van der Waals surface area (Å²) in [4.78, 5) is 16.4. The zero-order valence-electron chi connectivity index (χ0n) is 9.92. The van der Waals surface area contributed by atoms with E-state index in [1.165, 1.54) is 18.0 Å². The Hall–Kier alpha value is -1.59. The molecule has 3 nitrogen and oxygen atoms in total. The maximum Gasteiger partial charge on any atom is 0.251 e. The first-order chi connectivity index (χ1) is 8.39. The summed E-state index contributed by atoms with van der Waals surface area (Å²) in [5.74, 6) is -3.56. The molecule has 0 bridgehead atoms. The minimum absolute atomic E-state index is 0.0375. The van der Waals surface area contributed by atoms with Crippen molar-refractivity contribution in [3.63, 3.8) is 0 Å². The van der Waals surface area contributed by atoms with Gasteiger partial charge in [-0.05, 0) is 13.0 Å². The van der Waals surface area contributed by atoms with Crippen molar-refractivity contribution in [3.05, 3.63) is 23.6 Å². The maximum atomic E-state index is 13.7. The van der Waals surface area contributed by atoms with Crippen LogP contribution in [0.2, 0.25) is 0 Å². The van der Waals surface area contributed by atoms with Crippen LogP contribution in [0.5, 0.6) is 0 Å². The minimum Gasteiger partial charge on any atom is -0.354 e. The number of halogens is 3. The van der Waals surface area contributed by atoms with Gasteiger partial charge in [0.15, 0.2) is 17.4 Å². The minimum atomic E-state index is -2.67. The van der Waals surface area contributed by atoms with Gasteiger partial charge in [0.2, 0.25) is 0 Å². The summed E-state index contributed by atoms with van der Waals surface area (Å²) in [5.41, 5.74) is 0.179. The van der Waals surface area contributed by atoms with Crippen molar-refractivity contribution in [3.8, 4) is 0 Å². The van der Waals surface area contributed by atoms with Gasteiger partial charge in [0.05, 0.1) is 0 Å². The second-order valence-electron chi connectivity index (χ2n) is 4.43. The summed E-state index contributed by atoms with van der Waals surface area (Å²) < 4.78 is 39.7. The molecule has 0 saturated carbocycles. The van der Waals surface area contributed by atoms with Crippen LogP contribution in [0.3, 0.4) is 0 Å². The number of piperidine rings is 1. The van der Waals surface area contributed by atoms with E-state index in [-0.39, 0.29) is 43.1 Å². The highest BCUT2D eigenvalue weighted by atomic mass is 19.3. The van der Waals surface area contributed by atoms with E-state index in [0.717, 1.165) is 6.07 Å². The van der Waals surface area contributed by atoms with E-state index in [1.54, 1.807) is 0 Å². The number of hydrogen-bond donors (Lipinski definition) is 0. The van der Waals surface area contributed by atoms with Gasteiger partial charge >= 0.3 is 0 Å². The number of nitrogens with zero attached hydrogens (tertiary/aromatic N) is 2. The molecular formula is C12H13F3N2O. The molecular weight excluding hydrogens is 245 g/mol. The summed E-state index contributed by atoms with van der Waals surface area (Å²) in [5, 5.41) is 0. The van der Waals surface area contributed by atoms with Crippen molar-refractivity contribution in [2.24, 2.45) is 0 Å². The molecule has 1 aliphatic heterocycles. The third-order valence-corrected chi connectivity index (χ3v) is 3.02. The number of alkyl halides is 2. The summed E-state index contributed by atoms with van der Waals surface area (Å²) in [7, 11) is 0. The van der Waals surface area contributed by atoms with E-state index in [4.69, 9.17) is 0 Å². The van der Waals surface area contributed by atoms with Crippen molar-refractivity contribution in [1.82, 2.24) is 4.98 Å². The van der Waals surface area contributed by atoms with Gasteiger partial charge in [0.25, 0.3) is 5.92 Å². The fourth-order valence-electron chi connectivity index (χ4n) is 1.90. The first-order valence-electron chi connectivity index (χ1n) is 5.68. The fourth-order valence-corrected chi connectivity index (χ4v) is 1.90. The lowest BCUT2D eigenvalue weighted by Gasteiger charge is -2.32. The number of aromatic nitrogens is 1. The Morgan fingerprint density at radius 2 is 2.00 bits per heavy atom. The van der Waals surface area contributed by atoms with Crippen LogP contribution in [0.15, 0.2) is 12.3 Å². The zero-order chi connectivity index (χ0) is 13.3. The predicted molar refractivity (Wildman–Crippen MR) is 60.6 cm³/mol. The third kappa shape index (κ3) is 2.63. The molecule has 0 unspecified atom stereocenters. The average molecular weight is 258 g/mol. The van der Waals surface area contributed by atoms with E-state index in [2.05, 4.69) is 4.98 Å². The van der Waals surface area contributed by atoms with Gasteiger partial charge in [-0.15, -0.1) is 0 Å². The quantitative estimate of drug-likeness (QED) is 0.765. The van der Waals surface area contributed by atoms with Gasteiger partial charge in [-0.25, -0.2) is 18.2 Å². The molecule has 6 heteroatoms. The Bertz CT molecular complexity index is 466. The van der Waals surface area contributed by atoms with E-state index >= 15 is 0 Å². The van der Waals surface area contributed by atoms with Crippen molar-refractivity contribution >= 4 is 11.6 Å². The molecule has 0 aromatic carbocycles. The first kappa shape index (κ1) is 12.9. The van der Waals surface area contributed by atoms with Gasteiger partial charge in [0, 0.05) is 37.7 Å².